The summed E-state index contributed by atoms with van der Waals surface area (Å²) in [6, 6.07) is 14.1. The minimum atomic E-state index is -0.682. The van der Waals surface area contributed by atoms with Crippen LogP contribution < -0.4 is 24.4 Å². The molecule has 7 nitrogen and oxygen atoms in total. The zero-order valence-corrected chi connectivity index (χ0v) is 20.6. The number of aromatic nitrogens is 1. The average Bonchev–Trinajstić information content (AvgIpc) is 3.17. The Morgan fingerprint density at radius 1 is 1.20 bits per heavy atom. The molecular formula is C27H26N2O5S. The summed E-state index contributed by atoms with van der Waals surface area (Å²) < 4.78 is 18.4. The molecule has 2 heterocycles. The van der Waals surface area contributed by atoms with Gasteiger partial charge in [0, 0.05) is 5.56 Å². The van der Waals surface area contributed by atoms with Gasteiger partial charge in [-0.3, -0.25) is 9.36 Å². The third-order valence-corrected chi connectivity index (χ3v) is 6.49. The van der Waals surface area contributed by atoms with Crippen molar-refractivity contribution in [1.29, 1.82) is 0 Å². The van der Waals surface area contributed by atoms with Gasteiger partial charge < -0.3 is 14.2 Å². The number of carbonyl (C=O) groups excluding carboxylic acids is 1. The number of ether oxygens (including phenoxy) is 3. The van der Waals surface area contributed by atoms with Crippen molar-refractivity contribution >= 4 is 23.4 Å². The molecule has 8 heteroatoms. The van der Waals surface area contributed by atoms with Crippen LogP contribution in [0.3, 0.4) is 0 Å². The average molecular weight is 491 g/mol. The zero-order valence-electron chi connectivity index (χ0n) is 19.8. The van der Waals surface area contributed by atoms with Crippen LogP contribution in [0.2, 0.25) is 0 Å². The van der Waals surface area contributed by atoms with Crippen LogP contribution in [-0.2, 0) is 9.53 Å². The third kappa shape index (κ3) is 4.83. The van der Waals surface area contributed by atoms with Gasteiger partial charge >= 0.3 is 5.97 Å². The van der Waals surface area contributed by atoms with Gasteiger partial charge in [0.2, 0.25) is 0 Å². The first-order valence-corrected chi connectivity index (χ1v) is 12.0. The smallest absolute Gasteiger partial charge is 0.338 e. The molecule has 0 saturated heterocycles. The maximum absolute atomic E-state index is 13.7. The Hall–Kier alpha value is -3.91. The largest absolute Gasteiger partial charge is 0.496 e. The van der Waals surface area contributed by atoms with Gasteiger partial charge in [0.1, 0.15) is 18.1 Å². The van der Waals surface area contributed by atoms with Crippen molar-refractivity contribution in [3.63, 3.8) is 0 Å². The van der Waals surface area contributed by atoms with Crippen LogP contribution in [0.15, 0.2) is 82.2 Å². The van der Waals surface area contributed by atoms with E-state index in [2.05, 4.69) is 11.6 Å². The van der Waals surface area contributed by atoms with Gasteiger partial charge in [-0.2, -0.15) is 0 Å². The summed E-state index contributed by atoms with van der Waals surface area (Å²) in [5, 5.41) is 0. The second-order valence-corrected chi connectivity index (χ2v) is 8.72. The fourth-order valence-corrected chi connectivity index (χ4v) is 4.97. The Labute approximate surface area is 206 Å². The Balaban J connectivity index is 1.90. The molecular weight excluding hydrogens is 464 g/mol. The van der Waals surface area contributed by atoms with Crippen LogP contribution in [0, 0.1) is 0 Å². The lowest BCUT2D eigenvalue weighted by molar-refractivity contribution is -0.139. The molecule has 35 heavy (non-hydrogen) atoms. The second kappa shape index (κ2) is 10.6. The summed E-state index contributed by atoms with van der Waals surface area (Å²) in [5.41, 5.74) is 2.14. The summed E-state index contributed by atoms with van der Waals surface area (Å²) in [6.07, 6.45) is 3.45. The van der Waals surface area contributed by atoms with E-state index in [0.717, 1.165) is 11.1 Å². The number of carbonyl (C=O) groups is 1. The minimum absolute atomic E-state index is 0.217. The lowest BCUT2D eigenvalue weighted by Gasteiger charge is -2.24. The van der Waals surface area contributed by atoms with Gasteiger partial charge in [-0.1, -0.05) is 54.3 Å². The van der Waals surface area contributed by atoms with E-state index in [1.807, 2.05) is 48.5 Å². The molecule has 1 aliphatic heterocycles. The number of fused-ring (bicyclic) bond motifs is 1. The van der Waals surface area contributed by atoms with E-state index < -0.39 is 12.0 Å². The highest BCUT2D eigenvalue weighted by Gasteiger charge is 2.33. The monoisotopic (exact) mass is 490 g/mol. The van der Waals surface area contributed by atoms with Gasteiger partial charge in [-0.15, -0.1) is 0 Å². The third-order valence-electron chi connectivity index (χ3n) is 5.51. The molecule has 0 saturated carbocycles. The highest BCUT2D eigenvalue weighted by molar-refractivity contribution is 7.07. The summed E-state index contributed by atoms with van der Waals surface area (Å²) in [4.78, 5) is 31.8. The number of rotatable bonds is 8. The van der Waals surface area contributed by atoms with E-state index in [1.165, 1.54) is 11.3 Å². The van der Waals surface area contributed by atoms with Gasteiger partial charge in [-0.25, -0.2) is 9.79 Å². The fraction of sp³-hybridized carbons (Fsp3) is 0.222. The highest BCUT2D eigenvalue weighted by Crippen LogP contribution is 2.31. The van der Waals surface area contributed by atoms with Crippen molar-refractivity contribution in [2.45, 2.75) is 19.9 Å². The number of hydrogen-bond acceptors (Lipinski definition) is 7. The minimum Gasteiger partial charge on any atom is -0.496 e. The first-order chi connectivity index (χ1) is 17.0. The molecule has 2 aromatic carbocycles. The number of methoxy groups -OCH3 is 1. The molecule has 0 radical (unpaired) electrons. The van der Waals surface area contributed by atoms with E-state index in [4.69, 9.17) is 14.2 Å². The summed E-state index contributed by atoms with van der Waals surface area (Å²) >= 11 is 1.27. The van der Waals surface area contributed by atoms with E-state index in [9.17, 15) is 9.59 Å². The Kier molecular flexibility index (Phi) is 7.31. The number of thiazole rings is 1. The van der Waals surface area contributed by atoms with Gasteiger partial charge in [0.15, 0.2) is 4.80 Å². The van der Waals surface area contributed by atoms with Crippen molar-refractivity contribution in [3.8, 4) is 11.5 Å². The molecule has 4 rings (SSSR count). The molecule has 180 valence electrons. The van der Waals surface area contributed by atoms with Crippen molar-refractivity contribution < 1.29 is 19.0 Å². The van der Waals surface area contributed by atoms with Crippen LogP contribution in [-0.4, -0.2) is 30.9 Å². The molecule has 0 aliphatic carbocycles. The normalized spacial score (nSPS) is 15.3. The maximum Gasteiger partial charge on any atom is 0.338 e. The van der Waals surface area contributed by atoms with Gasteiger partial charge in [-0.05, 0) is 43.7 Å². The van der Waals surface area contributed by atoms with Crippen molar-refractivity contribution in [1.82, 2.24) is 4.57 Å². The van der Waals surface area contributed by atoms with E-state index in [0.29, 0.717) is 38.7 Å². The summed E-state index contributed by atoms with van der Waals surface area (Å²) in [7, 11) is 1.59. The summed E-state index contributed by atoms with van der Waals surface area (Å²) in [5.74, 6) is 0.828. The molecule has 0 spiro atoms. The maximum atomic E-state index is 13.7. The van der Waals surface area contributed by atoms with Gasteiger partial charge in [0.05, 0.1) is 35.6 Å². The van der Waals surface area contributed by atoms with Crippen molar-refractivity contribution in [2.75, 3.05) is 20.3 Å². The molecule has 0 unspecified atom stereocenters. The van der Waals surface area contributed by atoms with E-state index in [1.54, 1.807) is 37.7 Å². The number of nitrogens with zero attached hydrogens (tertiary/aromatic N) is 2. The Morgan fingerprint density at radius 3 is 2.63 bits per heavy atom. The van der Waals surface area contributed by atoms with Crippen LogP contribution in [0.5, 0.6) is 11.5 Å². The highest BCUT2D eigenvalue weighted by atomic mass is 32.1. The Bertz CT molecular complexity index is 1460. The predicted molar refractivity (Wildman–Crippen MR) is 136 cm³/mol. The SMILES string of the molecule is C=CCOc1ccc([C@H]2C(C(=O)OCC)=C(C)N=c3s/c(=C/c4ccccc4OC)c(=O)n32)cc1. The first-order valence-electron chi connectivity index (χ1n) is 11.1. The lowest BCUT2D eigenvalue weighted by atomic mass is 9.96. The van der Waals surface area contributed by atoms with Crippen LogP contribution >= 0.6 is 11.3 Å². The van der Waals surface area contributed by atoms with E-state index >= 15 is 0 Å². The quantitative estimate of drug-likeness (QED) is 0.357. The topological polar surface area (TPSA) is 79.1 Å². The predicted octanol–water partition coefficient (Wildman–Crippen LogP) is 3.37. The van der Waals surface area contributed by atoms with Crippen LogP contribution in [0.4, 0.5) is 0 Å². The second-order valence-electron chi connectivity index (χ2n) is 7.71. The Morgan fingerprint density at radius 2 is 1.94 bits per heavy atom. The molecule has 0 N–H and O–H groups in total. The molecule has 1 atom stereocenters. The zero-order chi connectivity index (χ0) is 24.9. The fourth-order valence-electron chi connectivity index (χ4n) is 3.94. The molecule has 0 bridgehead atoms. The van der Waals surface area contributed by atoms with E-state index in [-0.39, 0.29) is 12.2 Å². The molecule has 0 amide bonds. The molecule has 1 aliphatic rings. The lowest BCUT2D eigenvalue weighted by Crippen LogP contribution is -2.39. The number of hydrogen-bond donors (Lipinski definition) is 0. The van der Waals surface area contributed by atoms with Crippen molar-refractivity contribution in [3.05, 3.63) is 103 Å². The molecule has 3 aromatic rings. The van der Waals surface area contributed by atoms with Crippen molar-refractivity contribution in [2.24, 2.45) is 4.99 Å². The summed E-state index contributed by atoms with van der Waals surface area (Å²) in [6.45, 7) is 7.77. The number of para-hydroxylation sites is 1. The van der Waals surface area contributed by atoms with Crippen LogP contribution in [0.25, 0.3) is 6.08 Å². The molecule has 1 aromatic heterocycles. The van der Waals surface area contributed by atoms with Crippen LogP contribution in [0.1, 0.15) is 31.0 Å². The number of esters is 1. The number of allylic oxidation sites excluding steroid dienone is 1. The number of benzene rings is 2. The molecule has 0 fully saturated rings. The standard InChI is InChI=1S/C27H26N2O5S/c1-5-15-34-20-13-11-18(12-14-20)24-23(26(31)33-6-2)17(3)28-27-29(24)25(30)22(35-27)16-19-9-7-8-10-21(19)32-4/h5,7-14,16,24H,1,6,15H2,2-4H3/b22-16+/t24-/m0/s1. The van der Waals surface area contributed by atoms with Gasteiger partial charge in [0.25, 0.3) is 5.56 Å². The first kappa shape index (κ1) is 24.2.